The lowest BCUT2D eigenvalue weighted by Gasteiger charge is -2.18. The van der Waals surface area contributed by atoms with Crippen molar-refractivity contribution in [2.75, 3.05) is 26.3 Å². The molecule has 0 saturated heterocycles. The monoisotopic (exact) mass is 319 g/mol. The van der Waals surface area contributed by atoms with Gasteiger partial charge in [0.05, 0.1) is 0 Å². The number of aromatic nitrogens is 4. The Labute approximate surface area is 118 Å². The van der Waals surface area contributed by atoms with E-state index in [1.165, 1.54) is 18.0 Å². The number of fused-ring (bicyclic) bond motifs is 1. The van der Waals surface area contributed by atoms with Crippen molar-refractivity contribution in [2.24, 2.45) is 0 Å². The largest absolute Gasteiger partial charge is 0.369 e. The summed E-state index contributed by atoms with van der Waals surface area (Å²) < 4.78 is 27.2. The number of anilines is 1. The number of aromatic amines is 1. The molecule has 2 unspecified atom stereocenters. The number of nitrogens with two attached hydrogens (primary N) is 1. The molecule has 0 aliphatic carbocycles. The fraction of sp³-hybridized carbons (Fsp3) is 0.444. The maximum atomic E-state index is 11.6. The van der Waals surface area contributed by atoms with Gasteiger partial charge in [0, 0.05) is 14.2 Å². The standard InChI is InChI=1S/C9H14N5O6P/c1-18-9(20-4-21(16,17)19-2)14-3-11-5-6(14)12-8(10)13-7(5)15/h3,9H,4H2,1-2H3,(H,16,17)(H3,10,12,13,15). The van der Waals surface area contributed by atoms with Gasteiger partial charge < -0.3 is 24.6 Å². The molecule has 12 heteroatoms. The number of H-pyrrole nitrogens is 1. The van der Waals surface area contributed by atoms with E-state index in [0.717, 1.165) is 7.11 Å². The first kappa shape index (κ1) is 15.6. The van der Waals surface area contributed by atoms with Gasteiger partial charge in [0.25, 0.3) is 5.56 Å². The van der Waals surface area contributed by atoms with E-state index < -0.39 is 25.9 Å². The zero-order chi connectivity index (χ0) is 15.6. The van der Waals surface area contributed by atoms with Crippen LogP contribution in [0.4, 0.5) is 5.95 Å². The van der Waals surface area contributed by atoms with Crippen LogP contribution in [0.5, 0.6) is 0 Å². The van der Waals surface area contributed by atoms with Gasteiger partial charge in [-0.3, -0.25) is 18.9 Å². The van der Waals surface area contributed by atoms with Gasteiger partial charge in [-0.1, -0.05) is 0 Å². The van der Waals surface area contributed by atoms with Crippen LogP contribution in [0.1, 0.15) is 6.41 Å². The first-order chi connectivity index (χ1) is 9.88. The molecule has 0 aliphatic heterocycles. The molecular weight excluding hydrogens is 305 g/mol. The number of nitrogen functional groups attached to an aromatic ring is 1. The van der Waals surface area contributed by atoms with Gasteiger partial charge in [0.1, 0.15) is 6.33 Å². The Morgan fingerprint density at radius 3 is 2.90 bits per heavy atom. The predicted octanol–water partition coefficient (Wildman–Crippen LogP) is -0.390. The van der Waals surface area contributed by atoms with E-state index in [0.29, 0.717) is 0 Å². The van der Waals surface area contributed by atoms with Gasteiger partial charge in [0.15, 0.2) is 17.5 Å². The molecule has 2 aromatic heterocycles. The third-order valence-corrected chi connectivity index (χ3v) is 3.59. The lowest BCUT2D eigenvalue weighted by Crippen LogP contribution is -2.17. The Hall–Kier alpha value is -1.78. The summed E-state index contributed by atoms with van der Waals surface area (Å²) in [6, 6.07) is 0. The van der Waals surface area contributed by atoms with E-state index in [1.807, 2.05) is 0 Å². The highest BCUT2D eigenvalue weighted by Crippen LogP contribution is 2.41. The molecule has 0 bridgehead atoms. The summed E-state index contributed by atoms with van der Waals surface area (Å²) in [7, 11) is -1.48. The maximum Gasteiger partial charge on any atom is 0.353 e. The quantitative estimate of drug-likeness (QED) is 0.476. The fourth-order valence-corrected chi connectivity index (χ4v) is 1.99. The number of rotatable bonds is 6. The molecule has 11 nitrogen and oxygen atoms in total. The van der Waals surface area contributed by atoms with Crippen LogP contribution in [0, 0.1) is 0 Å². The lowest BCUT2D eigenvalue weighted by atomic mass is 10.5. The summed E-state index contributed by atoms with van der Waals surface area (Å²) in [4.78, 5) is 31.1. The van der Waals surface area contributed by atoms with Crippen molar-refractivity contribution in [2.45, 2.75) is 6.41 Å². The van der Waals surface area contributed by atoms with Crippen LogP contribution in [-0.4, -0.2) is 45.0 Å². The van der Waals surface area contributed by atoms with Crippen molar-refractivity contribution < 1.29 is 23.5 Å². The topological polar surface area (TPSA) is 155 Å². The van der Waals surface area contributed by atoms with Crippen LogP contribution in [0.25, 0.3) is 11.2 Å². The van der Waals surface area contributed by atoms with Crippen LogP contribution in [0.15, 0.2) is 11.1 Å². The molecule has 0 spiro atoms. The third-order valence-electron chi connectivity index (χ3n) is 2.54. The normalized spacial score (nSPS) is 16.0. The van der Waals surface area contributed by atoms with E-state index in [9.17, 15) is 14.3 Å². The second kappa shape index (κ2) is 5.92. The molecule has 21 heavy (non-hydrogen) atoms. The molecule has 0 aromatic carbocycles. The minimum atomic E-state index is -3.87. The summed E-state index contributed by atoms with van der Waals surface area (Å²) >= 11 is 0. The molecule has 4 N–H and O–H groups in total. The van der Waals surface area contributed by atoms with Crippen molar-refractivity contribution in [1.29, 1.82) is 0 Å². The molecule has 2 heterocycles. The number of methoxy groups -OCH3 is 1. The summed E-state index contributed by atoms with van der Waals surface area (Å²) in [6.45, 7) is 0. The fourth-order valence-electron chi connectivity index (χ4n) is 1.57. The molecule has 0 fully saturated rings. The minimum Gasteiger partial charge on any atom is -0.369 e. The van der Waals surface area contributed by atoms with Crippen LogP contribution < -0.4 is 11.3 Å². The minimum absolute atomic E-state index is 0.0359. The Bertz CT molecular complexity index is 742. The van der Waals surface area contributed by atoms with Crippen molar-refractivity contribution in [3.8, 4) is 0 Å². The first-order valence-corrected chi connectivity index (χ1v) is 7.38. The molecule has 0 radical (unpaired) electrons. The zero-order valence-corrected chi connectivity index (χ0v) is 12.1. The van der Waals surface area contributed by atoms with Crippen LogP contribution in [-0.2, 0) is 18.6 Å². The van der Waals surface area contributed by atoms with Crippen molar-refractivity contribution in [1.82, 2.24) is 19.5 Å². The molecule has 2 atom stereocenters. The Kier molecular flexibility index (Phi) is 4.40. The number of nitrogens with one attached hydrogen (secondary N) is 1. The number of ether oxygens (including phenoxy) is 2. The third kappa shape index (κ3) is 3.28. The summed E-state index contributed by atoms with van der Waals surface area (Å²) in [5.41, 5.74) is 5.10. The van der Waals surface area contributed by atoms with Crippen LogP contribution in [0.2, 0.25) is 0 Å². The van der Waals surface area contributed by atoms with E-state index in [4.69, 9.17) is 15.2 Å². The first-order valence-electron chi connectivity index (χ1n) is 5.62. The Morgan fingerprint density at radius 1 is 1.57 bits per heavy atom. The van der Waals surface area contributed by atoms with Crippen molar-refractivity contribution in [3.63, 3.8) is 0 Å². The maximum absolute atomic E-state index is 11.6. The number of hydrogen-bond acceptors (Lipinski definition) is 8. The SMILES string of the molecule is COC(OCP(=O)(O)OC)n1cnc2c(=O)[nH]c(N)nc21. The smallest absolute Gasteiger partial charge is 0.353 e. The van der Waals surface area contributed by atoms with E-state index in [2.05, 4.69) is 19.5 Å². The van der Waals surface area contributed by atoms with Gasteiger partial charge in [-0.05, 0) is 0 Å². The van der Waals surface area contributed by atoms with Crippen LogP contribution in [0.3, 0.4) is 0 Å². The number of nitrogens with zero attached hydrogens (tertiary/aromatic N) is 3. The molecule has 2 aromatic rings. The molecule has 2 rings (SSSR count). The van der Waals surface area contributed by atoms with Gasteiger partial charge in [-0.15, -0.1) is 0 Å². The average Bonchev–Trinajstić information content (AvgIpc) is 2.84. The lowest BCUT2D eigenvalue weighted by molar-refractivity contribution is -0.163. The summed E-state index contributed by atoms with van der Waals surface area (Å²) in [5, 5.41) is 0. The van der Waals surface area contributed by atoms with E-state index in [1.54, 1.807) is 0 Å². The Morgan fingerprint density at radius 2 is 2.29 bits per heavy atom. The molecule has 116 valence electrons. The van der Waals surface area contributed by atoms with Gasteiger partial charge in [-0.25, -0.2) is 4.98 Å². The van der Waals surface area contributed by atoms with Crippen molar-refractivity contribution >= 4 is 24.7 Å². The second-order valence-electron chi connectivity index (χ2n) is 3.93. The second-order valence-corrected chi connectivity index (χ2v) is 5.83. The highest BCUT2D eigenvalue weighted by atomic mass is 31.2. The van der Waals surface area contributed by atoms with Gasteiger partial charge in [0.2, 0.25) is 12.4 Å². The number of imidazole rings is 1. The average molecular weight is 319 g/mol. The van der Waals surface area contributed by atoms with E-state index in [-0.39, 0.29) is 17.1 Å². The predicted molar refractivity (Wildman–Crippen MR) is 71.4 cm³/mol. The zero-order valence-electron chi connectivity index (χ0n) is 11.2. The summed E-state index contributed by atoms with van der Waals surface area (Å²) in [5.74, 6) is -0.103. The van der Waals surface area contributed by atoms with Gasteiger partial charge in [-0.2, -0.15) is 4.98 Å². The highest BCUT2D eigenvalue weighted by molar-refractivity contribution is 7.52. The number of hydrogen-bond donors (Lipinski definition) is 3. The molecule has 0 amide bonds. The molecule has 0 saturated carbocycles. The summed E-state index contributed by atoms with van der Waals surface area (Å²) in [6.07, 6.45) is -0.491. The van der Waals surface area contributed by atoms with Crippen LogP contribution >= 0.6 is 7.60 Å². The van der Waals surface area contributed by atoms with Gasteiger partial charge >= 0.3 is 7.60 Å². The van der Waals surface area contributed by atoms with E-state index >= 15 is 0 Å². The molecule has 0 aliphatic rings. The Balaban J connectivity index is 2.35. The highest BCUT2D eigenvalue weighted by Gasteiger charge is 2.23. The van der Waals surface area contributed by atoms with Crippen molar-refractivity contribution in [3.05, 3.63) is 16.7 Å². The molecular formula is C9H14N5O6P.